The standard InChI is InChI=1S/C19H38O2Si/c1-6-22(7-2,8-3)21-14-15(4)16-11-12-17-18(20)10-9-13-19(16,17)5/h15-18,20H,6-14H2,1-5H3/t15-,16+,17-,18?,19+/m0/s1. The van der Waals surface area contributed by atoms with Crippen LogP contribution in [0.15, 0.2) is 0 Å². The molecule has 2 fully saturated rings. The van der Waals surface area contributed by atoms with E-state index in [0.717, 1.165) is 18.9 Å². The summed E-state index contributed by atoms with van der Waals surface area (Å²) in [7, 11) is -1.46. The summed E-state index contributed by atoms with van der Waals surface area (Å²) in [5.41, 5.74) is 0.356. The SMILES string of the molecule is CC[Si](CC)(CC)OC[C@H](C)[C@H]1CC[C@H]2C(O)CCC[C@]12C. The zero-order valence-corrected chi connectivity index (χ0v) is 16.5. The lowest BCUT2D eigenvalue weighted by atomic mass is 9.62. The average Bonchev–Trinajstić information content (AvgIpc) is 2.87. The fourth-order valence-electron chi connectivity index (χ4n) is 5.60. The molecule has 0 aromatic carbocycles. The summed E-state index contributed by atoms with van der Waals surface area (Å²) in [4.78, 5) is 0. The fraction of sp³-hybridized carbons (Fsp3) is 1.00. The number of fused-ring (bicyclic) bond motifs is 1. The maximum atomic E-state index is 10.4. The summed E-state index contributed by atoms with van der Waals surface area (Å²) in [6.07, 6.45) is 6.01. The average molecular weight is 327 g/mol. The van der Waals surface area contributed by atoms with Gasteiger partial charge in [0.2, 0.25) is 0 Å². The third-order valence-corrected chi connectivity index (χ3v) is 12.1. The third kappa shape index (κ3) is 3.32. The van der Waals surface area contributed by atoms with Gasteiger partial charge in [0.15, 0.2) is 8.32 Å². The largest absolute Gasteiger partial charge is 0.417 e. The van der Waals surface area contributed by atoms with Crippen LogP contribution in [0.2, 0.25) is 18.1 Å². The first-order valence-corrected chi connectivity index (χ1v) is 12.3. The Morgan fingerprint density at radius 2 is 1.77 bits per heavy atom. The van der Waals surface area contributed by atoms with Crippen molar-refractivity contribution in [3.05, 3.63) is 0 Å². The first kappa shape index (κ1) is 18.5. The molecule has 22 heavy (non-hydrogen) atoms. The highest BCUT2D eigenvalue weighted by Crippen LogP contribution is 2.57. The van der Waals surface area contributed by atoms with Crippen molar-refractivity contribution in [2.24, 2.45) is 23.2 Å². The molecule has 2 nitrogen and oxygen atoms in total. The van der Waals surface area contributed by atoms with E-state index in [1.54, 1.807) is 0 Å². The van der Waals surface area contributed by atoms with Crippen LogP contribution in [-0.2, 0) is 4.43 Å². The van der Waals surface area contributed by atoms with Gasteiger partial charge in [-0.2, -0.15) is 0 Å². The molecule has 2 rings (SSSR count). The van der Waals surface area contributed by atoms with Crippen LogP contribution in [0, 0.1) is 23.2 Å². The molecule has 1 N–H and O–H groups in total. The van der Waals surface area contributed by atoms with Crippen molar-refractivity contribution < 1.29 is 9.53 Å². The van der Waals surface area contributed by atoms with E-state index >= 15 is 0 Å². The van der Waals surface area contributed by atoms with E-state index in [9.17, 15) is 5.11 Å². The van der Waals surface area contributed by atoms with Crippen LogP contribution >= 0.6 is 0 Å². The minimum Gasteiger partial charge on any atom is -0.417 e. The zero-order chi connectivity index (χ0) is 16.4. The van der Waals surface area contributed by atoms with Gasteiger partial charge in [-0.1, -0.05) is 41.0 Å². The molecule has 2 aliphatic rings. The molecular formula is C19H38O2Si. The number of aliphatic hydroxyl groups is 1. The molecular weight excluding hydrogens is 288 g/mol. The quantitative estimate of drug-likeness (QED) is 0.650. The highest BCUT2D eigenvalue weighted by atomic mass is 28.4. The number of hydrogen-bond acceptors (Lipinski definition) is 2. The van der Waals surface area contributed by atoms with E-state index in [0.29, 0.717) is 17.3 Å². The van der Waals surface area contributed by atoms with Gasteiger partial charge in [0, 0.05) is 6.61 Å². The van der Waals surface area contributed by atoms with Crippen LogP contribution in [-0.4, -0.2) is 26.1 Å². The van der Waals surface area contributed by atoms with Gasteiger partial charge < -0.3 is 9.53 Å². The maximum Gasteiger partial charge on any atom is 0.191 e. The first-order valence-electron chi connectivity index (χ1n) is 9.74. The van der Waals surface area contributed by atoms with E-state index in [1.807, 2.05) is 0 Å². The van der Waals surface area contributed by atoms with Gasteiger partial charge in [-0.3, -0.25) is 0 Å². The lowest BCUT2D eigenvalue weighted by molar-refractivity contribution is -0.0314. The molecule has 0 bridgehead atoms. The van der Waals surface area contributed by atoms with Crippen molar-refractivity contribution in [1.82, 2.24) is 0 Å². The topological polar surface area (TPSA) is 29.5 Å². The molecule has 2 saturated carbocycles. The van der Waals surface area contributed by atoms with Crippen molar-refractivity contribution in [3.63, 3.8) is 0 Å². The summed E-state index contributed by atoms with van der Waals surface area (Å²) in [5, 5.41) is 10.4. The van der Waals surface area contributed by atoms with Gasteiger partial charge in [0.25, 0.3) is 0 Å². The molecule has 0 heterocycles. The molecule has 2 aliphatic carbocycles. The van der Waals surface area contributed by atoms with Crippen LogP contribution in [0.5, 0.6) is 0 Å². The van der Waals surface area contributed by atoms with Gasteiger partial charge in [0.1, 0.15) is 0 Å². The Kier molecular flexibility index (Phi) is 6.18. The van der Waals surface area contributed by atoms with Crippen LogP contribution < -0.4 is 0 Å². The summed E-state index contributed by atoms with van der Waals surface area (Å²) < 4.78 is 6.58. The zero-order valence-electron chi connectivity index (χ0n) is 15.5. The monoisotopic (exact) mass is 326 g/mol. The Bertz CT molecular complexity index is 347. The second-order valence-electron chi connectivity index (χ2n) is 8.29. The summed E-state index contributed by atoms with van der Waals surface area (Å²) in [6, 6.07) is 3.74. The van der Waals surface area contributed by atoms with Crippen molar-refractivity contribution >= 4 is 8.32 Å². The van der Waals surface area contributed by atoms with E-state index in [2.05, 4.69) is 34.6 Å². The van der Waals surface area contributed by atoms with Crippen LogP contribution in [0.25, 0.3) is 0 Å². The molecule has 0 aliphatic heterocycles. The maximum absolute atomic E-state index is 10.4. The van der Waals surface area contributed by atoms with E-state index in [1.165, 1.54) is 43.8 Å². The molecule has 0 radical (unpaired) electrons. The number of aliphatic hydroxyl groups excluding tert-OH is 1. The Morgan fingerprint density at radius 3 is 2.36 bits per heavy atom. The Morgan fingerprint density at radius 1 is 1.14 bits per heavy atom. The molecule has 130 valence electrons. The summed E-state index contributed by atoms with van der Waals surface area (Å²) in [6.45, 7) is 12.7. The summed E-state index contributed by atoms with van der Waals surface area (Å²) in [5.74, 6) is 1.92. The van der Waals surface area contributed by atoms with E-state index in [-0.39, 0.29) is 6.10 Å². The smallest absolute Gasteiger partial charge is 0.191 e. The lowest BCUT2D eigenvalue weighted by Crippen LogP contribution is -2.43. The molecule has 5 atom stereocenters. The lowest BCUT2D eigenvalue weighted by Gasteiger charge is -2.45. The number of hydrogen-bond donors (Lipinski definition) is 1. The molecule has 1 unspecified atom stereocenters. The van der Waals surface area contributed by atoms with Crippen molar-refractivity contribution in [1.29, 1.82) is 0 Å². The van der Waals surface area contributed by atoms with Crippen molar-refractivity contribution in [2.75, 3.05) is 6.61 Å². The van der Waals surface area contributed by atoms with Gasteiger partial charge in [0.05, 0.1) is 6.10 Å². The molecule has 0 spiro atoms. The van der Waals surface area contributed by atoms with E-state index in [4.69, 9.17) is 4.43 Å². The van der Waals surface area contributed by atoms with Crippen LogP contribution in [0.1, 0.15) is 66.7 Å². The summed E-state index contributed by atoms with van der Waals surface area (Å²) >= 11 is 0. The molecule has 0 aromatic heterocycles. The minimum atomic E-state index is -1.46. The predicted octanol–water partition coefficient (Wildman–Crippen LogP) is 5.22. The van der Waals surface area contributed by atoms with Crippen molar-refractivity contribution in [3.8, 4) is 0 Å². The highest BCUT2D eigenvalue weighted by Gasteiger charge is 2.52. The molecule has 0 aromatic rings. The Balaban J connectivity index is 1.99. The van der Waals surface area contributed by atoms with Gasteiger partial charge in [-0.15, -0.1) is 0 Å². The normalized spacial score (nSPS) is 37.1. The van der Waals surface area contributed by atoms with Gasteiger partial charge in [-0.25, -0.2) is 0 Å². The molecule has 0 saturated heterocycles. The van der Waals surface area contributed by atoms with Crippen molar-refractivity contribution in [2.45, 2.75) is 91.0 Å². The highest BCUT2D eigenvalue weighted by molar-refractivity contribution is 6.73. The van der Waals surface area contributed by atoms with E-state index < -0.39 is 8.32 Å². The van der Waals surface area contributed by atoms with Gasteiger partial charge >= 0.3 is 0 Å². The third-order valence-electron chi connectivity index (χ3n) is 7.43. The van der Waals surface area contributed by atoms with Gasteiger partial charge in [-0.05, 0) is 67.0 Å². The van der Waals surface area contributed by atoms with Crippen LogP contribution in [0.3, 0.4) is 0 Å². The molecule has 3 heteroatoms. The Labute approximate surface area is 139 Å². The predicted molar refractivity (Wildman–Crippen MR) is 96.5 cm³/mol. The van der Waals surface area contributed by atoms with Crippen LogP contribution in [0.4, 0.5) is 0 Å². The first-order chi connectivity index (χ1) is 10.4. The fourth-order valence-corrected chi connectivity index (χ4v) is 8.33. The minimum absolute atomic E-state index is 0.0488. The second-order valence-corrected chi connectivity index (χ2v) is 13.1. The Hall–Kier alpha value is 0.137. The number of rotatable bonds is 7. The molecule has 0 amide bonds. The second kappa shape index (κ2) is 7.35.